The molecule has 15 nitrogen and oxygen atoms in total. The number of amides is 1. The van der Waals surface area contributed by atoms with E-state index in [1.807, 2.05) is 0 Å². The Hall–Kier alpha value is -2.56. The van der Waals surface area contributed by atoms with Gasteiger partial charge in [0.05, 0.1) is 32.8 Å². The number of halogens is 1. The molecule has 1 amide bonds. The van der Waals surface area contributed by atoms with Crippen LogP contribution in [-0.4, -0.2) is 87.3 Å². The monoisotopic (exact) mass is 634 g/mol. The molecule has 0 bridgehead atoms. The molecule has 0 aromatic carbocycles. The molecule has 234 valence electrons. The molecule has 2 aromatic heterocycles. The molecule has 0 unspecified atom stereocenters. The molecule has 0 radical (unpaired) electrons. The highest BCUT2D eigenvalue weighted by atomic mass is 32.2. The fourth-order valence-corrected chi connectivity index (χ4v) is 6.90. The third kappa shape index (κ3) is 6.97. The first-order valence-electron chi connectivity index (χ1n) is 13.4. The van der Waals surface area contributed by atoms with Gasteiger partial charge in [-0.1, -0.05) is 25.6 Å². The number of aromatic nitrogens is 4. The van der Waals surface area contributed by atoms with E-state index >= 15 is 4.39 Å². The number of nitrogens with zero attached hydrogens (tertiary/aromatic N) is 4. The number of phosphoric ester groups is 1. The van der Waals surface area contributed by atoms with E-state index < -0.39 is 43.4 Å². The average molecular weight is 635 g/mol. The number of anilines is 1. The Balaban J connectivity index is 1.33. The number of alkyl halides is 1. The number of carbonyl (C=O) groups is 2. The van der Waals surface area contributed by atoms with Crippen LogP contribution >= 0.6 is 19.6 Å². The van der Waals surface area contributed by atoms with Crippen LogP contribution in [-0.2, 0) is 32.4 Å². The van der Waals surface area contributed by atoms with Gasteiger partial charge in [0.1, 0.15) is 12.2 Å². The third-order valence-electron chi connectivity index (χ3n) is 6.67. The van der Waals surface area contributed by atoms with Crippen LogP contribution in [0.25, 0.3) is 11.2 Å². The number of hydrogen-bond acceptors (Lipinski definition) is 14. The fraction of sp³-hybridized carbons (Fsp3) is 0.708. The average Bonchev–Trinajstić information content (AvgIpc) is 3.44. The minimum absolute atomic E-state index is 0.0887. The van der Waals surface area contributed by atoms with E-state index in [2.05, 4.69) is 20.3 Å². The van der Waals surface area contributed by atoms with Gasteiger partial charge in [-0.25, -0.2) is 18.7 Å². The Labute approximate surface area is 246 Å². The Morgan fingerprint density at radius 2 is 2.10 bits per heavy atom. The first-order valence-corrected chi connectivity index (χ1v) is 15.9. The summed E-state index contributed by atoms with van der Waals surface area (Å²) in [4.78, 5) is 36.6. The maximum Gasteiger partial charge on any atom is 0.475 e. The minimum Gasteiger partial charge on any atom is -0.476 e. The molecule has 18 heteroatoms. The second kappa shape index (κ2) is 13.0. The first kappa shape index (κ1) is 32.4. The number of imidazole rings is 1. The van der Waals surface area contributed by atoms with Gasteiger partial charge in [0.15, 0.2) is 28.2 Å². The second-order valence-electron chi connectivity index (χ2n) is 10.3. The van der Waals surface area contributed by atoms with Crippen molar-refractivity contribution in [1.29, 1.82) is 0 Å². The van der Waals surface area contributed by atoms with Gasteiger partial charge in [0, 0.05) is 17.7 Å². The van der Waals surface area contributed by atoms with Gasteiger partial charge < -0.3 is 25.3 Å². The van der Waals surface area contributed by atoms with Gasteiger partial charge >= 0.3 is 13.9 Å². The zero-order valence-corrected chi connectivity index (χ0v) is 25.7. The molecule has 4 heterocycles. The number of ether oxygens (including phenoxy) is 3. The number of nitrogen functional groups attached to an aromatic ring is 1. The summed E-state index contributed by atoms with van der Waals surface area (Å²) >= 11 is 0.983. The normalized spacial score (nSPS) is 27.5. The van der Waals surface area contributed by atoms with Crippen LogP contribution < -0.4 is 15.8 Å². The summed E-state index contributed by atoms with van der Waals surface area (Å²) in [7, 11) is -4.17. The highest BCUT2D eigenvalue weighted by Gasteiger charge is 2.61. The van der Waals surface area contributed by atoms with Crippen molar-refractivity contribution < 1.29 is 46.3 Å². The summed E-state index contributed by atoms with van der Waals surface area (Å²) in [5.74, 6) is 0.212. The lowest BCUT2D eigenvalue weighted by atomic mass is 9.91. The highest BCUT2D eigenvalue weighted by molar-refractivity contribution is 8.13. The van der Waals surface area contributed by atoms with Crippen molar-refractivity contribution in [2.75, 3.05) is 44.5 Å². The van der Waals surface area contributed by atoms with Gasteiger partial charge in [-0.15, -0.1) is 0 Å². The molecular formula is C24H36FN6O9PS. The topological polar surface area (TPSA) is 188 Å². The molecule has 0 aliphatic carbocycles. The third-order valence-corrected chi connectivity index (χ3v) is 9.31. The summed E-state index contributed by atoms with van der Waals surface area (Å²) in [5, 5.41) is 2.44. The van der Waals surface area contributed by atoms with Crippen molar-refractivity contribution in [3.05, 3.63) is 6.33 Å². The summed E-state index contributed by atoms with van der Waals surface area (Å²) in [6, 6.07) is 0. The van der Waals surface area contributed by atoms with Crippen molar-refractivity contribution in [2.24, 2.45) is 5.41 Å². The van der Waals surface area contributed by atoms with E-state index in [1.165, 1.54) is 17.8 Å². The van der Waals surface area contributed by atoms with Crippen molar-refractivity contribution in [3.8, 4) is 5.88 Å². The molecule has 2 saturated heterocycles. The van der Waals surface area contributed by atoms with Crippen LogP contribution in [0, 0.1) is 5.41 Å². The Morgan fingerprint density at radius 3 is 2.81 bits per heavy atom. The maximum absolute atomic E-state index is 16.3. The molecule has 0 saturated carbocycles. The lowest BCUT2D eigenvalue weighted by molar-refractivity contribution is -0.118. The predicted octanol–water partition coefficient (Wildman–Crippen LogP) is 3.40. The molecule has 42 heavy (non-hydrogen) atoms. The van der Waals surface area contributed by atoms with E-state index in [0.29, 0.717) is 13.0 Å². The smallest absolute Gasteiger partial charge is 0.475 e. The summed E-state index contributed by atoms with van der Waals surface area (Å²) in [6.07, 6.45) is -2.30. The lowest BCUT2D eigenvalue weighted by Gasteiger charge is -2.33. The fourth-order valence-electron chi connectivity index (χ4n) is 4.47. The zero-order chi connectivity index (χ0) is 30.7. The SMILES string of the molecule is CCOC(=O)NCCC(C)(C)C(=O)SCCO[P@@]1(=O)OC[C@H]2O[C@@H](n3cnc4c(OCC)nc(N)nc43)[C@](C)(F)[C@@H]2O1. The van der Waals surface area contributed by atoms with E-state index in [9.17, 15) is 14.2 Å². The number of fused-ring (bicyclic) bond motifs is 2. The molecule has 2 aliphatic heterocycles. The van der Waals surface area contributed by atoms with Crippen molar-refractivity contribution in [3.63, 3.8) is 0 Å². The number of phosphoric acid groups is 1. The lowest BCUT2D eigenvalue weighted by Crippen LogP contribution is -2.44. The van der Waals surface area contributed by atoms with Crippen LogP contribution in [0.3, 0.4) is 0 Å². The number of nitrogens with two attached hydrogens (primary N) is 1. The van der Waals surface area contributed by atoms with Gasteiger partial charge in [0.25, 0.3) is 0 Å². The molecule has 5 atom stereocenters. The second-order valence-corrected chi connectivity index (χ2v) is 13.0. The first-order chi connectivity index (χ1) is 19.8. The van der Waals surface area contributed by atoms with Crippen molar-refractivity contribution >= 4 is 47.9 Å². The van der Waals surface area contributed by atoms with Crippen LogP contribution in [0.5, 0.6) is 5.88 Å². The number of nitrogens with one attached hydrogen (secondary N) is 1. The molecule has 2 fully saturated rings. The van der Waals surface area contributed by atoms with Gasteiger partial charge in [0.2, 0.25) is 11.8 Å². The Kier molecular flexibility index (Phi) is 10.00. The van der Waals surface area contributed by atoms with Crippen LogP contribution in [0.4, 0.5) is 15.1 Å². The molecule has 3 N–H and O–H groups in total. The predicted molar refractivity (Wildman–Crippen MR) is 150 cm³/mol. The number of thioether (sulfide) groups is 1. The standard InChI is InChI=1S/C24H36FN6O9PS/c1-6-35-18-15-17(29-21(26)30-18)31(13-28-15)19-24(5,25)16-14(39-19)12-38-41(34,40-16)37-10-11-42-20(32)23(3,4)8-9-27-22(33)36-7-2/h13-14,16,19H,6-12H2,1-5H3,(H,27,33)(H2,26,29,30)/t14-,16-,19-,24-,41+/m1/s1. The summed E-state index contributed by atoms with van der Waals surface area (Å²) < 4.78 is 63.4. The number of carbonyl (C=O) groups excluding carboxylic acids is 2. The van der Waals surface area contributed by atoms with Gasteiger partial charge in [-0.05, 0) is 27.2 Å². The molecule has 2 aliphatic rings. The quantitative estimate of drug-likeness (QED) is 0.255. The number of alkyl carbamates (subject to hydrolysis) is 1. The molecular weight excluding hydrogens is 598 g/mol. The van der Waals surface area contributed by atoms with Crippen LogP contribution in [0.15, 0.2) is 6.33 Å². The Bertz CT molecular complexity index is 1340. The van der Waals surface area contributed by atoms with Crippen molar-refractivity contribution in [1.82, 2.24) is 24.8 Å². The van der Waals surface area contributed by atoms with E-state index in [-0.39, 0.29) is 60.2 Å². The van der Waals surface area contributed by atoms with Gasteiger partial charge in [-0.2, -0.15) is 9.97 Å². The van der Waals surface area contributed by atoms with E-state index in [1.54, 1.807) is 27.7 Å². The number of hydrogen-bond donors (Lipinski definition) is 2. The number of rotatable bonds is 12. The van der Waals surface area contributed by atoms with Crippen LogP contribution in [0.2, 0.25) is 0 Å². The van der Waals surface area contributed by atoms with Crippen LogP contribution in [0.1, 0.15) is 47.3 Å². The maximum atomic E-state index is 16.3. The van der Waals surface area contributed by atoms with Gasteiger partial charge in [-0.3, -0.25) is 22.9 Å². The zero-order valence-electron chi connectivity index (χ0n) is 24.0. The summed E-state index contributed by atoms with van der Waals surface area (Å²) in [6.45, 7) is 8.66. The molecule has 4 rings (SSSR count). The largest absolute Gasteiger partial charge is 0.476 e. The minimum atomic E-state index is -4.17. The summed E-state index contributed by atoms with van der Waals surface area (Å²) in [5.41, 5.74) is 3.34. The van der Waals surface area contributed by atoms with E-state index in [0.717, 1.165) is 11.8 Å². The molecule has 0 spiro atoms. The van der Waals surface area contributed by atoms with E-state index in [4.69, 9.17) is 33.5 Å². The Morgan fingerprint density at radius 1 is 1.33 bits per heavy atom. The van der Waals surface area contributed by atoms with Crippen molar-refractivity contribution in [2.45, 2.75) is 65.1 Å². The highest BCUT2D eigenvalue weighted by Crippen LogP contribution is 2.59. The molecule has 2 aromatic rings.